The first kappa shape index (κ1) is 10.1. The van der Waals surface area contributed by atoms with E-state index >= 15 is 0 Å². The fraction of sp³-hybridized carbons (Fsp3) is 1.00. The van der Waals surface area contributed by atoms with E-state index in [4.69, 9.17) is 27.9 Å². The Labute approximate surface area is 85.5 Å². The van der Waals surface area contributed by atoms with Crippen LogP contribution in [0.3, 0.4) is 0 Å². The normalized spacial score (nSPS) is 42.8. The number of ether oxygens (including phenoxy) is 1. The van der Waals surface area contributed by atoms with Crippen molar-refractivity contribution in [2.45, 2.75) is 35.7 Å². The predicted molar refractivity (Wildman–Crippen MR) is 51.5 cm³/mol. The van der Waals surface area contributed by atoms with Gasteiger partial charge in [0.25, 0.3) is 0 Å². The lowest BCUT2D eigenvalue weighted by atomic mass is 10.0. The Morgan fingerprint density at radius 1 is 1.55 bits per heavy atom. The van der Waals surface area contributed by atoms with E-state index in [1.807, 2.05) is 6.92 Å². The van der Waals surface area contributed by atoms with Crippen LogP contribution in [-0.4, -0.2) is 15.5 Å². The molecule has 1 nitrogen and oxygen atoms in total. The number of halogens is 3. The molecule has 0 aliphatic carbocycles. The van der Waals surface area contributed by atoms with Crippen LogP contribution >= 0.6 is 39.1 Å². The monoisotopic (exact) mass is 260 g/mol. The van der Waals surface area contributed by atoms with Crippen LogP contribution in [0.2, 0.25) is 0 Å². The molecule has 3 atom stereocenters. The van der Waals surface area contributed by atoms with Crippen LogP contribution < -0.4 is 0 Å². The highest BCUT2D eigenvalue weighted by Crippen LogP contribution is 2.47. The van der Waals surface area contributed by atoms with E-state index in [2.05, 4.69) is 22.9 Å². The van der Waals surface area contributed by atoms with Gasteiger partial charge >= 0.3 is 0 Å². The maximum atomic E-state index is 6.04. The van der Waals surface area contributed by atoms with Gasteiger partial charge in [0, 0.05) is 5.92 Å². The van der Waals surface area contributed by atoms with Gasteiger partial charge < -0.3 is 4.74 Å². The highest BCUT2D eigenvalue weighted by Gasteiger charge is 2.50. The van der Waals surface area contributed by atoms with Gasteiger partial charge in [-0.1, -0.05) is 53.0 Å². The Balaban J connectivity index is 2.71. The molecule has 0 bridgehead atoms. The Hall–Kier alpha value is 1.02. The summed E-state index contributed by atoms with van der Waals surface area (Å²) in [5, 5.41) is -0.238. The first-order valence-corrected chi connectivity index (χ1v) is 5.34. The quantitative estimate of drug-likeness (QED) is 0.658. The van der Waals surface area contributed by atoms with E-state index in [1.165, 1.54) is 0 Å². The molecule has 0 aromatic heterocycles. The van der Waals surface area contributed by atoms with Gasteiger partial charge in [-0.25, -0.2) is 0 Å². The first-order chi connectivity index (χ1) is 5.00. The highest BCUT2D eigenvalue weighted by molar-refractivity contribution is 9.09. The number of hydrogen-bond donors (Lipinski definition) is 0. The third-order valence-electron chi connectivity index (χ3n) is 2.16. The van der Waals surface area contributed by atoms with E-state index in [0.29, 0.717) is 0 Å². The molecule has 0 unspecified atom stereocenters. The number of alkyl halides is 3. The topological polar surface area (TPSA) is 9.23 Å². The molecule has 4 heteroatoms. The minimum atomic E-state index is -0.777. The Kier molecular flexibility index (Phi) is 3.13. The Morgan fingerprint density at radius 2 is 2.09 bits per heavy atom. The molecule has 0 radical (unpaired) electrons. The SMILES string of the molecule is CC[C@H]1O[C@H](Br)C(Cl)(Cl)[C@@H]1C. The van der Waals surface area contributed by atoms with Crippen LogP contribution in [0.1, 0.15) is 20.3 Å². The zero-order valence-corrected chi connectivity index (χ0v) is 9.58. The van der Waals surface area contributed by atoms with Crippen molar-refractivity contribution in [2.24, 2.45) is 5.92 Å². The molecule has 11 heavy (non-hydrogen) atoms. The fourth-order valence-corrected chi connectivity index (χ4v) is 2.34. The summed E-state index contributed by atoms with van der Waals surface area (Å²) in [7, 11) is 0. The van der Waals surface area contributed by atoms with Gasteiger partial charge in [-0.2, -0.15) is 0 Å². The van der Waals surface area contributed by atoms with Gasteiger partial charge in [0.05, 0.1) is 6.10 Å². The van der Waals surface area contributed by atoms with E-state index in [-0.39, 0.29) is 17.0 Å². The van der Waals surface area contributed by atoms with Crippen molar-refractivity contribution in [1.29, 1.82) is 0 Å². The lowest BCUT2D eigenvalue weighted by Gasteiger charge is -2.20. The lowest BCUT2D eigenvalue weighted by Crippen LogP contribution is -2.27. The maximum Gasteiger partial charge on any atom is 0.159 e. The van der Waals surface area contributed by atoms with Crippen LogP contribution in [0.4, 0.5) is 0 Å². The summed E-state index contributed by atoms with van der Waals surface area (Å²) < 4.78 is 4.71. The van der Waals surface area contributed by atoms with Crippen molar-refractivity contribution in [3.05, 3.63) is 0 Å². The fourth-order valence-electron chi connectivity index (χ4n) is 1.27. The van der Waals surface area contributed by atoms with Crippen molar-refractivity contribution in [3.8, 4) is 0 Å². The van der Waals surface area contributed by atoms with Crippen LogP contribution in [0.25, 0.3) is 0 Å². The molecule has 0 aromatic carbocycles. The summed E-state index contributed by atoms with van der Waals surface area (Å²) in [4.78, 5) is 0. The van der Waals surface area contributed by atoms with Crippen molar-refractivity contribution >= 4 is 39.1 Å². The first-order valence-electron chi connectivity index (χ1n) is 3.67. The van der Waals surface area contributed by atoms with Crippen LogP contribution in [0.5, 0.6) is 0 Å². The second-order valence-corrected chi connectivity index (χ2v) is 5.14. The summed E-state index contributed by atoms with van der Waals surface area (Å²) in [6, 6.07) is 0. The van der Waals surface area contributed by atoms with Gasteiger partial charge in [-0.15, -0.1) is 0 Å². The molecule has 0 N–H and O–H groups in total. The molecule has 66 valence electrons. The van der Waals surface area contributed by atoms with E-state index in [9.17, 15) is 0 Å². The van der Waals surface area contributed by atoms with Gasteiger partial charge in [0.1, 0.15) is 5.01 Å². The molecule has 1 rings (SSSR count). The molecule has 1 aliphatic rings. The smallest absolute Gasteiger partial charge is 0.159 e. The van der Waals surface area contributed by atoms with Gasteiger partial charge in [0.15, 0.2) is 4.33 Å². The molecule has 1 heterocycles. The zero-order chi connectivity index (χ0) is 8.65. The maximum absolute atomic E-state index is 6.04. The second kappa shape index (κ2) is 3.41. The molecule has 1 fully saturated rings. The van der Waals surface area contributed by atoms with Gasteiger partial charge in [-0.05, 0) is 6.42 Å². The summed E-state index contributed by atoms with van der Waals surface area (Å²) in [5.41, 5.74) is 0. The molecular weight excluding hydrogens is 251 g/mol. The molecule has 1 aliphatic heterocycles. The Morgan fingerprint density at radius 3 is 2.27 bits per heavy atom. The average molecular weight is 262 g/mol. The second-order valence-electron chi connectivity index (χ2n) is 2.86. The minimum absolute atomic E-state index is 0.175. The largest absolute Gasteiger partial charge is 0.360 e. The van der Waals surface area contributed by atoms with Crippen molar-refractivity contribution in [1.82, 2.24) is 0 Å². The van der Waals surface area contributed by atoms with Crippen molar-refractivity contribution < 1.29 is 4.74 Å². The summed E-state index contributed by atoms with van der Waals surface area (Å²) in [6.45, 7) is 4.07. The van der Waals surface area contributed by atoms with Gasteiger partial charge in [0.2, 0.25) is 0 Å². The van der Waals surface area contributed by atoms with Crippen molar-refractivity contribution in [3.63, 3.8) is 0 Å². The van der Waals surface area contributed by atoms with Crippen LogP contribution in [0.15, 0.2) is 0 Å². The molecule has 0 saturated carbocycles. The molecule has 0 aromatic rings. The van der Waals surface area contributed by atoms with Crippen LogP contribution in [-0.2, 0) is 4.74 Å². The van der Waals surface area contributed by atoms with E-state index in [1.54, 1.807) is 0 Å². The Bertz CT molecular complexity index is 151. The summed E-state index contributed by atoms with van der Waals surface area (Å²) >= 11 is 15.4. The molecule has 0 spiro atoms. The summed E-state index contributed by atoms with van der Waals surface area (Å²) in [6.07, 6.45) is 1.12. The minimum Gasteiger partial charge on any atom is -0.360 e. The molecular formula is C7H11BrCl2O. The van der Waals surface area contributed by atoms with Crippen molar-refractivity contribution in [2.75, 3.05) is 0 Å². The predicted octanol–water partition coefficient (Wildman–Crippen LogP) is 3.33. The third-order valence-corrected chi connectivity index (χ3v) is 4.71. The molecule has 0 amide bonds. The average Bonchev–Trinajstić information content (AvgIpc) is 2.14. The van der Waals surface area contributed by atoms with Crippen LogP contribution in [0, 0.1) is 5.92 Å². The number of hydrogen-bond acceptors (Lipinski definition) is 1. The zero-order valence-electron chi connectivity index (χ0n) is 6.48. The van der Waals surface area contributed by atoms with E-state index in [0.717, 1.165) is 6.42 Å². The highest BCUT2D eigenvalue weighted by atomic mass is 79.9. The number of rotatable bonds is 1. The van der Waals surface area contributed by atoms with Gasteiger partial charge in [-0.3, -0.25) is 0 Å². The third kappa shape index (κ3) is 1.69. The molecule has 1 saturated heterocycles. The lowest BCUT2D eigenvalue weighted by molar-refractivity contribution is 0.0781. The standard InChI is InChI=1S/C7H11BrCl2O/c1-3-5-4(2)7(9,10)6(8)11-5/h4-6H,3H2,1-2H3/t4-,5-,6+/m1/s1. The van der Waals surface area contributed by atoms with E-state index < -0.39 is 4.33 Å². The summed E-state index contributed by atoms with van der Waals surface area (Å²) in [5.74, 6) is 0.181.